The van der Waals surface area contributed by atoms with Crippen LogP contribution in [0, 0.1) is 11.8 Å². The van der Waals surface area contributed by atoms with Crippen LogP contribution >= 0.6 is 0 Å². The minimum Gasteiger partial charge on any atom is -0.297 e. The lowest BCUT2D eigenvalue weighted by Gasteiger charge is -2.38. The second-order valence-corrected chi connectivity index (χ2v) is 12.2. The molecule has 0 spiro atoms. The number of likely N-dealkylation sites (tertiary alicyclic amines) is 1. The van der Waals surface area contributed by atoms with Crippen LogP contribution in [0.5, 0.6) is 0 Å². The van der Waals surface area contributed by atoms with Crippen LogP contribution in [0.15, 0.2) is 140 Å². The number of nitrogens with zero attached hydrogens (tertiary/aromatic N) is 1. The summed E-state index contributed by atoms with van der Waals surface area (Å²) in [5, 5.41) is 3.98. The second-order valence-electron chi connectivity index (χ2n) is 12.2. The van der Waals surface area contributed by atoms with E-state index in [1.165, 1.54) is 4.90 Å². The predicted octanol–water partition coefficient (Wildman–Crippen LogP) is 6.96. The maximum atomic E-state index is 15.8. The molecule has 210 valence electrons. The fraction of sp³-hybridized carbons (Fsp3) is 0.125. The number of fused-ring (bicyclic) bond motifs is 13. The maximum absolute atomic E-state index is 15.8. The van der Waals surface area contributed by atoms with E-state index >= 15 is 4.79 Å². The first-order valence-electron chi connectivity index (χ1n) is 15.1. The fourth-order valence-corrected chi connectivity index (χ4v) is 8.93. The maximum Gasteiger partial charge on any atom is 0.235 e. The van der Waals surface area contributed by atoms with Gasteiger partial charge in [-0.15, -0.1) is 0 Å². The van der Waals surface area contributed by atoms with Crippen LogP contribution in [0.25, 0.3) is 21.5 Å². The summed E-state index contributed by atoms with van der Waals surface area (Å²) in [5.41, 5.74) is 1.48. The number of carbonyl (C=O) groups excluding carboxylic acids is 3. The molecule has 9 rings (SSSR count). The highest BCUT2D eigenvalue weighted by Crippen LogP contribution is 2.72. The van der Waals surface area contributed by atoms with Gasteiger partial charge in [-0.1, -0.05) is 140 Å². The Kier molecular flexibility index (Phi) is 5.06. The van der Waals surface area contributed by atoms with Crippen LogP contribution in [0.4, 0.5) is 0 Å². The summed E-state index contributed by atoms with van der Waals surface area (Å²) in [6.07, 6.45) is 0. The van der Waals surface area contributed by atoms with Crippen molar-refractivity contribution in [2.45, 2.75) is 17.4 Å². The van der Waals surface area contributed by atoms with Crippen molar-refractivity contribution < 1.29 is 14.4 Å². The highest BCUT2D eigenvalue weighted by Gasteiger charge is 2.82. The Labute approximate surface area is 254 Å². The van der Waals surface area contributed by atoms with Crippen LogP contribution in [0.2, 0.25) is 0 Å². The molecule has 4 heteroatoms. The molecule has 6 aromatic rings. The van der Waals surface area contributed by atoms with Crippen molar-refractivity contribution in [3.63, 3.8) is 0 Å². The zero-order chi connectivity index (χ0) is 29.6. The zero-order valence-electron chi connectivity index (χ0n) is 23.8. The Morgan fingerprint density at radius 1 is 0.455 bits per heavy atom. The average molecular weight is 570 g/mol. The molecular formula is C40H27NO3. The molecule has 2 aliphatic carbocycles. The van der Waals surface area contributed by atoms with E-state index in [1.807, 2.05) is 115 Å². The molecule has 0 N–H and O–H groups in total. The van der Waals surface area contributed by atoms with Crippen molar-refractivity contribution in [1.29, 1.82) is 0 Å². The van der Waals surface area contributed by atoms with Gasteiger partial charge in [0.25, 0.3) is 0 Å². The SMILES string of the molecule is O=C1[C@@H]2[C@H](C(=O)N1Cc1ccccc1)[C@@]1(c3ccccc3)C(=O)[C@]2(c2ccccc2)c2c1c1ccccc1c1ccccc21. The molecule has 2 fully saturated rings. The molecule has 3 aliphatic rings. The molecule has 6 aromatic carbocycles. The van der Waals surface area contributed by atoms with Crippen LogP contribution in [-0.4, -0.2) is 22.5 Å². The minimum absolute atomic E-state index is 0.0741. The topological polar surface area (TPSA) is 54.5 Å². The van der Waals surface area contributed by atoms with Crippen molar-refractivity contribution in [2.24, 2.45) is 11.8 Å². The number of Topliss-reactive ketones (excluding diaryl/α,β-unsaturated/α-hetero) is 1. The summed E-state index contributed by atoms with van der Waals surface area (Å²) >= 11 is 0. The number of imide groups is 1. The molecule has 1 aliphatic heterocycles. The van der Waals surface area contributed by atoms with Gasteiger partial charge in [0, 0.05) is 0 Å². The lowest BCUT2D eigenvalue weighted by Crippen LogP contribution is -2.44. The summed E-state index contributed by atoms with van der Waals surface area (Å²) in [5.74, 6) is -2.37. The average Bonchev–Trinajstić information content (AvgIpc) is 3.59. The first-order chi connectivity index (χ1) is 21.6. The van der Waals surface area contributed by atoms with Crippen molar-refractivity contribution in [1.82, 2.24) is 4.90 Å². The number of amides is 2. The Balaban J connectivity index is 1.47. The summed E-state index contributed by atoms with van der Waals surface area (Å²) in [6, 6.07) is 45.5. The van der Waals surface area contributed by atoms with E-state index in [9.17, 15) is 9.59 Å². The van der Waals surface area contributed by atoms with Crippen molar-refractivity contribution >= 4 is 39.1 Å². The number of benzene rings is 6. The first kappa shape index (κ1) is 25.2. The molecule has 4 atom stereocenters. The van der Waals surface area contributed by atoms with Crippen LogP contribution < -0.4 is 0 Å². The number of carbonyl (C=O) groups is 3. The van der Waals surface area contributed by atoms with Gasteiger partial charge >= 0.3 is 0 Å². The highest BCUT2D eigenvalue weighted by molar-refractivity contribution is 6.29. The normalized spacial score (nSPS) is 25.2. The third kappa shape index (κ3) is 2.81. The van der Waals surface area contributed by atoms with E-state index in [2.05, 4.69) is 24.3 Å². The predicted molar refractivity (Wildman–Crippen MR) is 170 cm³/mol. The van der Waals surface area contributed by atoms with Crippen molar-refractivity contribution in [3.8, 4) is 0 Å². The van der Waals surface area contributed by atoms with Crippen molar-refractivity contribution in [3.05, 3.63) is 167 Å². The van der Waals surface area contributed by atoms with E-state index in [-0.39, 0.29) is 24.1 Å². The number of hydrogen-bond donors (Lipinski definition) is 0. The molecule has 44 heavy (non-hydrogen) atoms. The quantitative estimate of drug-likeness (QED) is 0.170. The summed E-state index contributed by atoms with van der Waals surface area (Å²) in [4.78, 5) is 46.9. The van der Waals surface area contributed by atoms with Gasteiger partial charge in [0.05, 0.1) is 29.2 Å². The molecule has 2 amide bonds. The van der Waals surface area contributed by atoms with Gasteiger partial charge in [-0.25, -0.2) is 0 Å². The van der Waals surface area contributed by atoms with E-state index in [1.54, 1.807) is 0 Å². The molecule has 1 saturated carbocycles. The smallest absolute Gasteiger partial charge is 0.235 e. The summed E-state index contributed by atoms with van der Waals surface area (Å²) < 4.78 is 0. The van der Waals surface area contributed by atoms with Gasteiger partial charge in [0.2, 0.25) is 11.8 Å². The molecule has 1 heterocycles. The Morgan fingerprint density at radius 3 is 1.25 bits per heavy atom. The Hall–Kier alpha value is -5.35. The highest BCUT2D eigenvalue weighted by atomic mass is 16.2. The third-order valence-electron chi connectivity index (χ3n) is 10.4. The first-order valence-corrected chi connectivity index (χ1v) is 15.1. The standard InChI is InChI=1S/C40H27NO3/c42-36-34-35(37(43)41(36)24-25-14-4-1-5-15-25)40(27-18-8-3-9-19-27)33-31-23-13-11-21-29(31)28-20-10-12-22-30(28)32(33)39(34,38(40)44)26-16-6-2-7-17-26/h1-23,34-35H,24H2/t34-,35+,39+,40-. The van der Waals surface area contributed by atoms with Gasteiger partial charge < -0.3 is 0 Å². The van der Waals surface area contributed by atoms with Gasteiger partial charge in [-0.05, 0) is 49.4 Å². The number of hydrogen-bond acceptors (Lipinski definition) is 3. The monoisotopic (exact) mass is 569 g/mol. The van der Waals surface area contributed by atoms with Gasteiger partial charge in [-0.2, -0.15) is 0 Å². The number of rotatable bonds is 4. The molecule has 1 saturated heterocycles. The van der Waals surface area contributed by atoms with E-state index in [0.29, 0.717) is 0 Å². The van der Waals surface area contributed by atoms with E-state index in [0.717, 1.165) is 49.4 Å². The third-order valence-corrected chi connectivity index (χ3v) is 10.4. The van der Waals surface area contributed by atoms with Gasteiger partial charge in [-0.3, -0.25) is 19.3 Å². The molecule has 2 bridgehead atoms. The molecule has 4 nitrogen and oxygen atoms in total. The molecule has 0 radical (unpaired) electrons. The van der Waals surface area contributed by atoms with E-state index < -0.39 is 22.7 Å². The number of ketones is 1. The van der Waals surface area contributed by atoms with Gasteiger partial charge in [0.15, 0.2) is 5.78 Å². The Morgan fingerprint density at radius 2 is 0.818 bits per heavy atom. The summed E-state index contributed by atoms with van der Waals surface area (Å²) in [7, 11) is 0. The minimum atomic E-state index is -1.33. The fourth-order valence-electron chi connectivity index (χ4n) is 8.93. The van der Waals surface area contributed by atoms with E-state index in [4.69, 9.17) is 0 Å². The lowest BCUT2D eigenvalue weighted by atomic mass is 9.59. The zero-order valence-corrected chi connectivity index (χ0v) is 23.8. The molecular weight excluding hydrogens is 542 g/mol. The van der Waals surface area contributed by atoms with Crippen LogP contribution in [0.1, 0.15) is 27.8 Å². The largest absolute Gasteiger partial charge is 0.297 e. The Bertz CT molecular complexity index is 2040. The molecule has 0 unspecified atom stereocenters. The van der Waals surface area contributed by atoms with Gasteiger partial charge in [0.1, 0.15) is 0 Å². The summed E-state index contributed by atoms with van der Waals surface area (Å²) in [6.45, 7) is 0.174. The molecule has 0 aromatic heterocycles. The lowest BCUT2D eigenvalue weighted by molar-refractivity contribution is -0.144. The van der Waals surface area contributed by atoms with Crippen LogP contribution in [-0.2, 0) is 31.8 Å². The van der Waals surface area contributed by atoms with Crippen molar-refractivity contribution in [2.75, 3.05) is 0 Å². The second kappa shape index (κ2) is 8.84. The van der Waals surface area contributed by atoms with Crippen LogP contribution in [0.3, 0.4) is 0 Å².